The molecule has 1 amide bonds. The van der Waals surface area contributed by atoms with Gasteiger partial charge in [0, 0.05) is 36.0 Å². The van der Waals surface area contributed by atoms with Crippen LogP contribution in [0.3, 0.4) is 0 Å². The van der Waals surface area contributed by atoms with E-state index >= 15 is 0 Å². The van der Waals surface area contributed by atoms with Gasteiger partial charge in [-0.05, 0) is 18.6 Å². The maximum atomic E-state index is 14.5. The van der Waals surface area contributed by atoms with Crippen molar-refractivity contribution in [3.05, 3.63) is 52.5 Å². The maximum absolute atomic E-state index is 14.5. The molecule has 1 aliphatic rings. The van der Waals surface area contributed by atoms with Crippen LogP contribution in [0.15, 0.2) is 35.3 Å². The van der Waals surface area contributed by atoms with E-state index in [0.29, 0.717) is 0 Å². The topological polar surface area (TPSA) is 115 Å². The third-order valence-electron chi connectivity index (χ3n) is 4.75. The SMILES string of the molecule is COc1ccc(-c2cc(=O)n(CC[C@@]3(C(=O)NO)CS3(=O)=O)cc2F)c(F)c1. The van der Waals surface area contributed by atoms with E-state index in [0.717, 1.165) is 22.9 Å². The van der Waals surface area contributed by atoms with Crippen molar-refractivity contribution in [1.29, 1.82) is 0 Å². The predicted molar refractivity (Wildman–Crippen MR) is 93.7 cm³/mol. The summed E-state index contributed by atoms with van der Waals surface area (Å²) in [5.74, 6) is -3.02. The molecule has 2 aromatic rings. The van der Waals surface area contributed by atoms with Gasteiger partial charge in [0.1, 0.15) is 17.4 Å². The number of pyridine rings is 1. The van der Waals surface area contributed by atoms with E-state index in [1.807, 2.05) is 0 Å². The van der Waals surface area contributed by atoms with E-state index in [1.54, 1.807) is 0 Å². The van der Waals surface area contributed by atoms with Crippen molar-refractivity contribution in [2.24, 2.45) is 0 Å². The van der Waals surface area contributed by atoms with Crippen LogP contribution < -0.4 is 15.8 Å². The van der Waals surface area contributed by atoms with E-state index in [9.17, 15) is 26.8 Å². The summed E-state index contributed by atoms with van der Waals surface area (Å²) in [5, 5.41) is 8.73. The summed E-state index contributed by atoms with van der Waals surface area (Å²) in [5.41, 5.74) is 0.199. The molecule has 0 spiro atoms. The fraction of sp³-hybridized carbons (Fsp3) is 0.294. The maximum Gasteiger partial charge on any atom is 0.265 e. The Morgan fingerprint density at radius 3 is 2.50 bits per heavy atom. The second kappa shape index (κ2) is 6.99. The van der Waals surface area contributed by atoms with Gasteiger partial charge < -0.3 is 9.30 Å². The Balaban J connectivity index is 1.89. The van der Waals surface area contributed by atoms with E-state index < -0.39 is 43.4 Å². The fourth-order valence-electron chi connectivity index (χ4n) is 3.00. The smallest absolute Gasteiger partial charge is 0.265 e. The molecule has 0 saturated carbocycles. The number of ether oxygens (including phenoxy) is 1. The zero-order valence-corrected chi connectivity index (χ0v) is 15.4. The number of halogens is 2. The van der Waals surface area contributed by atoms with Crippen LogP contribution in [0.1, 0.15) is 6.42 Å². The molecule has 1 aromatic carbocycles. The summed E-state index contributed by atoms with van der Waals surface area (Å²) in [6.45, 7) is -0.284. The highest BCUT2D eigenvalue weighted by Crippen LogP contribution is 2.40. The minimum absolute atomic E-state index is 0.136. The standard InChI is InChI=1S/C17H16F2N2O6S/c1-27-10-2-3-11(13(18)6-10)12-7-15(22)21(8-14(12)19)5-4-17(16(23)20-24)9-28(17,25)26/h2-3,6-8,24H,4-5,9H2,1H3,(H,20,23)/t17-/m0/s1. The number of methoxy groups -OCH3 is 1. The zero-order valence-electron chi connectivity index (χ0n) is 14.6. The number of hydroxylamine groups is 1. The first-order valence-electron chi connectivity index (χ1n) is 8.06. The number of carbonyl (C=O) groups is 1. The van der Waals surface area contributed by atoms with Crippen molar-refractivity contribution < 1.29 is 31.9 Å². The van der Waals surface area contributed by atoms with Crippen LogP contribution in [-0.4, -0.2) is 41.7 Å². The predicted octanol–water partition coefficient (Wildman–Crippen LogP) is 0.865. The molecule has 8 nitrogen and oxygen atoms in total. The van der Waals surface area contributed by atoms with Gasteiger partial charge in [0.05, 0.1) is 12.9 Å². The van der Waals surface area contributed by atoms with E-state index in [2.05, 4.69) is 0 Å². The number of sulfone groups is 1. The lowest BCUT2D eigenvalue weighted by Gasteiger charge is -2.13. The summed E-state index contributed by atoms with van der Waals surface area (Å²) in [4.78, 5) is 23.9. The largest absolute Gasteiger partial charge is 0.497 e. The molecule has 1 aliphatic heterocycles. The first-order valence-corrected chi connectivity index (χ1v) is 9.71. The van der Waals surface area contributed by atoms with Crippen LogP contribution in [0.4, 0.5) is 8.78 Å². The van der Waals surface area contributed by atoms with Crippen LogP contribution in [-0.2, 0) is 21.2 Å². The van der Waals surface area contributed by atoms with Crippen molar-refractivity contribution in [3.63, 3.8) is 0 Å². The summed E-state index contributed by atoms with van der Waals surface area (Å²) >= 11 is 0. The molecule has 150 valence electrons. The molecule has 11 heteroatoms. The third-order valence-corrected chi connectivity index (χ3v) is 6.99. The number of hydrogen-bond donors (Lipinski definition) is 2. The Bertz CT molecular complexity index is 1120. The van der Waals surface area contributed by atoms with E-state index in [1.165, 1.54) is 24.7 Å². The van der Waals surface area contributed by atoms with Crippen LogP contribution in [0.5, 0.6) is 5.75 Å². The van der Waals surface area contributed by atoms with Gasteiger partial charge in [-0.15, -0.1) is 0 Å². The van der Waals surface area contributed by atoms with Gasteiger partial charge in [-0.3, -0.25) is 14.8 Å². The highest BCUT2D eigenvalue weighted by atomic mass is 32.2. The van der Waals surface area contributed by atoms with Gasteiger partial charge in [0.2, 0.25) is 0 Å². The minimum atomic E-state index is -3.73. The summed E-state index contributed by atoms with van der Waals surface area (Å²) < 4.78 is 56.0. The number of aryl methyl sites for hydroxylation is 1. The molecule has 1 fully saturated rings. The molecule has 1 aromatic heterocycles. The van der Waals surface area contributed by atoms with Crippen LogP contribution in [0.25, 0.3) is 11.1 Å². The fourth-order valence-corrected chi connectivity index (χ4v) is 4.85. The average molecular weight is 414 g/mol. The van der Waals surface area contributed by atoms with Crippen LogP contribution in [0.2, 0.25) is 0 Å². The number of carbonyl (C=O) groups excluding carboxylic acids is 1. The number of aromatic nitrogens is 1. The lowest BCUT2D eigenvalue weighted by atomic mass is 10.0. The Labute approximate surface area is 158 Å². The Hall–Kier alpha value is -2.79. The number of benzene rings is 1. The number of nitrogens with one attached hydrogen (secondary N) is 1. The number of amides is 1. The van der Waals surface area contributed by atoms with Crippen molar-refractivity contribution in [2.75, 3.05) is 12.9 Å². The molecule has 2 N–H and O–H groups in total. The molecule has 3 rings (SSSR count). The molecule has 0 bridgehead atoms. The average Bonchev–Trinajstić information content (AvgIpc) is 3.23. The van der Waals surface area contributed by atoms with Crippen LogP contribution in [0, 0.1) is 11.6 Å². The Morgan fingerprint density at radius 2 is 1.96 bits per heavy atom. The van der Waals surface area contributed by atoms with Crippen LogP contribution >= 0.6 is 0 Å². The monoisotopic (exact) mass is 414 g/mol. The first kappa shape index (κ1) is 20.0. The van der Waals surface area contributed by atoms with Gasteiger partial charge in [0.15, 0.2) is 14.6 Å². The third kappa shape index (κ3) is 3.27. The van der Waals surface area contributed by atoms with Gasteiger partial charge in [-0.2, -0.15) is 0 Å². The lowest BCUT2D eigenvalue weighted by Crippen LogP contribution is -2.38. The quantitative estimate of drug-likeness (QED) is 0.412. The zero-order chi connectivity index (χ0) is 20.7. The molecule has 0 unspecified atom stereocenters. The number of rotatable bonds is 6. The Morgan fingerprint density at radius 1 is 1.29 bits per heavy atom. The number of nitrogens with zero attached hydrogens (tertiary/aromatic N) is 1. The van der Waals surface area contributed by atoms with Gasteiger partial charge >= 0.3 is 0 Å². The number of hydrogen-bond acceptors (Lipinski definition) is 6. The minimum Gasteiger partial charge on any atom is -0.497 e. The molecular formula is C17H16F2N2O6S. The highest BCUT2D eigenvalue weighted by molar-refractivity contribution is 8.01. The summed E-state index contributed by atoms with van der Waals surface area (Å²) in [6.07, 6.45) is 0.498. The highest BCUT2D eigenvalue weighted by Gasteiger charge is 2.66. The van der Waals surface area contributed by atoms with Gasteiger partial charge in [-0.1, -0.05) is 0 Å². The Kier molecular flexibility index (Phi) is 4.98. The van der Waals surface area contributed by atoms with Crippen molar-refractivity contribution in [2.45, 2.75) is 17.7 Å². The lowest BCUT2D eigenvalue weighted by molar-refractivity contribution is -0.130. The summed E-state index contributed by atoms with van der Waals surface area (Å²) in [7, 11) is -2.38. The first-order chi connectivity index (χ1) is 13.1. The van der Waals surface area contributed by atoms with Crippen molar-refractivity contribution >= 4 is 15.7 Å². The normalized spacial score (nSPS) is 19.9. The van der Waals surface area contributed by atoms with Crippen molar-refractivity contribution in [1.82, 2.24) is 10.0 Å². The summed E-state index contributed by atoms with van der Waals surface area (Å²) in [6, 6.07) is 4.63. The molecule has 2 heterocycles. The molecule has 1 atom stereocenters. The van der Waals surface area contributed by atoms with Gasteiger partial charge in [-0.25, -0.2) is 22.7 Å². The van der Waals surface area contributed by atoms with Gasteiger partial charge in [0.25, 0.3) is 11.5 Å². The second-order valence-electron chi connectivity index (χ2n) is 6.36. The van der Waals surface area contributed by atoms with Crippen molar-refractivity contribution in [3.8, 4) is 16.9 Å². The molecule has 0 aliphatic carbocycles. The molecule has 0 radical (unpaired) electrons. The molecular weight excluding hydrogens is 398 g/mol. The van der Waals surface area contributed by atoms with E-state index in [-0.39, 0.29) is 29.8 Å². The molecule has 28 heavy (non-hydrogen) atoms. The molecule has 1 saturated heterocycles. The van der Waals surface area contributed by atoms with E-state index in [4.69, 9.17) is 9.94 Å². The second-order valence-corrected chi connectivity index (χ2v) is 8.66.